The molecule has 0 spiro atoms. The number of aryl methyl sites for hydroxylation is 1. The van der Waals surface area contributed by atoms with Crippen molar-refractivity contribution in [1.82, 2.24) is 5.32 Å². The van der Waals surface area contributed by atoms with Crippen molar-refractivity contribution in [2.45, 2.75) is 13.0 Å². The molecule has 0 unspecified atom stereocenters. The van der Waals surface area contributed by atoms with Crippen molar-refractivity contribution in [3.05, 3.63) is 33.8 Å². The molecule has 0 bridgehead atoms. The van der Waals surface area contributed by atoms with Crippen LogP contribution in [0.5, 0.6) is 0 Å². The first-order chi connectivity index (χ1) is 7.95. The Kier molecular flexibility index (Phi) is 4.65. The molecule has 1 amide bonds. The number of aliphatic carboxylic acids is 1. The van der Waals surface area contributed by atoms with Crippen LogP contribution in [0.25, 0.3) is 0 Å². The van der Waals surface area contributed by atoms with Crippen LogP contribution in [0.1, 0.15) is 15.9 Å². The highest BCUT2D eigenvalue weighted by Crippen LogP contribution is 2.18. The Morgan fingerprint density at radius 3 is 2.65 bits per heavy atom. The lowest BCUT2D eigenvalue weighted by molar-refractivity contribution is -0.140. The molecule has 0 radical (unpaired) electrons. The van der Waals surface area contributed by atoms with Crippen LogP contribution in [0, 0.1) is 6.92 Å². The first-order valence-electron chi connectivity index (χ1n) is 4.86. The van der Waals surface area contributed by atoms with Gasteiger partial charge in [-0.15, -0.1) is 0 Å². The zero-order valence-corrected chi connectivity index (χ0v) is 10.7. The predicted molar refractivity (Wildman–Crippen MR) is 64.9 cm³/mol. The average Bonchev–Trinajstić information content (AvgIpc) is 2.28. The Labute approximate surface area is 107 Å². The predicted octanol–water partition coefficient (Wildman–Crippen LogP) is 0.933. The molecule has 0 aliphatic carbocycles. The molecule has 3 N–H and O–H groups in total. The van der Waals surface area contributed by atoms with Crippen LogP contribution < -0.4 is 5.32 Å². The molecule has 1 aromatic carbocycles. The van der Waals surface area contributed by atoms with E-state index in [4.69, 9.17) is 10.2 Å². The Hall–Kier alpha value is -1.40. The second-order valence-electron chi connectivity index (χ2n) is 3.53. The summed E-state index contributed by atoms with van der Waals surface area (Å²) in [7, 11) is 0. The minimum absolute atomic E-state index is 0.338. The number of carboxylic acid groups (broad SMARTS) is 1. The maximum atomic E-state index is 11.8. The standard InChI is InChI=1S/C11H12BrNO4/c1-6-2-3-8(12)7(4-6)10(15)13-9(5-14)11(16)17/h2-4,9,14H,5H2,1H3,(H,13,15)(H,16,17)/t9-/m1/s1. The highest BCUT2D eigenvalue weighted by molar-refractivity contribution is 9.10. The Balaban J connectivity index is 2.89. The monoisotopic (exact) mass is 301 g/mol. The van der Waals surface area contributed by atoms with Gasteiger partial charge in [0.05, 0.1) is 12.2 Å². The van der Waals surface area contributed by atoms with Crippen molar-refractivity contribution >= 4 is 27.8 Å². The highest BCUT2D eigenvalue weighted by atomic mass is 79.9. The number of aliphatic hydroxyl groups excluding tert-OH is 1. The van der Waals surface area contributed by atoms with E-state index in [0.717, 1.165) is 5.56 Å². The van der Waals surface area contributed by atoms with E-state index in [0.29, 0.717) is 10.0 Å². The summed E-state index contributed by atoms with van der Waals surface area (Å²) in [6, 6.07) is 3.87. The molecule has 17 heavy (non-hydrogen) atoms. The highest BCUT2D eigenvalue weighted by Gasteiger charge is 2.20. The van der Waals surface area contributed by atoms with Crippen molar-refractivity contribution in [2.75, 3.05) is 6.61 Å². The minimum atomic E-state index is -1.30. The summed E-state index contributed by atoms with van der Waals surface area (Å²) < 4.78 is 0.572. The summed E-state index contributed by atoms with van der Waals surface area (Å²) >= 11 is 3.21. The number of aliphatic hydroxyl groups is 1. The van der Waals surface area contributed by atoms with Gasteiger partial charge in [-0.05, 0) is 35.0 Å². The van der Waals surface area contributed by atoms with Gasteiger partial charge in [0.15, 0.2) is 6.04 Å². The fourth-order valence-electron chi connectivity index (χ4n) is 1.23. The van der Waals surface area contributed by atoms with E-state index in [9.17, 15) is 9.59 Å². The summed E-state index contributed by atoms with van der Waals surface area (Å²) in [5, 5.41) is 19.7. The Morgan fingerprint density at radius 2 is 2.12 bits per heavy atom. The molecule has 1 rings (SSSR count). The van der Waals surface area contributed by atoms with Gasteiger partial charge >= 0.3 is 5.97 Å². The smallest absolute Gasteiger partial charge is 0.328 e. The minimum Gasteiger partial charge on any atom is -0.480 e. The topological polar surface area (TPSA) is 86.6 Å². The molecule has 0 heterocycles. The van der Waals surface area contributed by atoms with Crippen LogP contribution in [0.2, 0.25) is 0 Å². The number of nitrogens with one attached hydrogen (secondary N) is 1. The molecule has 1 atom stereocenters. The number of carboxylic acids is 1. The molecule has 92 valence electrons. The van der Waals surface area contributed by atoms with Gasteiger partial charge in [0.25, 0.3) is 5.91 Å². The third kappa shape index (κ3) is 3.54. The van der Waals surface area contributed by atoms with Gasteiger partial charge in [-0.2, -0.15) is 0 Å². The van der Waals surface area contributed by atoms with Crippen LogP contribution in [-0.4, -0.2) is 34.7 Å². The van der Waals surface area contributed by atoms with Crippen LogP contribution >= 0.6 is 15.9 Å². The lowest BCUT2D eigenvalue weighted by Gasteiger charge is -2.12. The molecular formula is C11H12BrNO4. The van der Waals surface area contributed by atoms with E-state index in [1.54, 1.807) is 12.1 Å². The molecule has 0 saturated heterocycles. The van der Waals surface area contributed by atoms with Crippen LogP contribution in [0.4, 0.5) is 0 Å². The number of rotatable bonds is 4. The number of amides is 1. The average molecular weight is 302 g/mol. The van der Waals surface area contributed by atoms with Crippen molar-refractivity contribution in [1.29, 1.82) is 0 Å². The second kappa shape index (κ2) is 5.79. The summed E-state index contributed by atoms with van der Waals surface area (Å²) in [5.41, 5.74) is 1.22. The number of hydrogen-bond acceptors (Lipinski definition) is 3. The van der Waals surface area contributed by atoms with Gasteiger partial charge in [-0.3, -0.25) is 4.79 Å². The van der Waals surface area contributed by atoms with Gasteiger partial charge in [-0.1, -0.05) is 11.6 Å². The van der Waals surface area contributed by atoms with Crippen molar-refractivity contribution in [3.63, 3.8) is 0 Å². The van der Waals surface area contributed by atoms with Crippen LogP contribution in [0.15, 0.2) is 22.7 Å². The van der Waals surface area contributed by atoms with Gasteiger partial charge in [0.1, 0.15) is 0 Å². The van der Waals surface area contributed by atoms with E-state index in [-0.39, 0.29) is 0 Å². The molecule has 0 saturated carbocycles. The van der Waals surface area contributed by atoms with Gasteiger partial charge in [-0.25, -0.2) is 4.79 Å². The van der Waals surface area contributed by atoms with Crippen molar-refractivity contribution < 1.29 is 19.8 Å². The third-order valence-electron chi connectivity index (χ3n) is 2.15. The fraction of sp³-hybridized carbons (Fsp3) is 0.273. The molecular weight excluding hydrogens is 290 g/mol. The summed E-state index contributed by atoms with van der Waals surface area (Å²) in [6.45, 7) is 1.18. The molecule has 5 nitrogen and oxygen atoms in total. The Morgan fingerprint density at radius 1 is 1.47 bits per heavy atom. The molecule has 0 aliphatic heterocycles. The summed E-state index contributed by atoms with van der Waals surface area (Å²) in [4.78, 5) is 22.4. The zero-order valence-electron chi connectivity index (χ0n) is 9.11. The number of halogens is 1. The lowest BCUT2D eigenvalue weighted by atomic mass is 10.1. The molecule has 1 aromatic rings. The first-order valence-corrected chi connectivity index (χ1v) is 5.65. The fourth-order valence-corrected chi connectivity index (χ4v) is 1.66. The van der Waals surface area contributed by atoms with E-state index in [1.165, 1.54) is 0 Å². The van der Waals surface area contributed by atoms with Crippen molar-refractivity contribution in [3.8, 4) is 0 Å². The zero-order chi connectivity index (χ0) is 13.0. The molecule has 0 fully saturated rings. The second-order valence-corrected chi connectivity index (χ2v) is 4.38. The largest absolute Gasteiger partial charge is 0.480 e. The maximum Gasteiger partial charge on any atom is 0.328 e. The van der Waals surface area contributed by atoms with E-state index in [1.807, 2.05) is 13.0 Å². The van der Waals surface area contributed by atoms with Crippen LogP contribution in [-0.2, 0) is 4.79 Å². The third-order valence-corrected chi connectivity index (χ3v) is 2.84. The number of benzene rings is 1. The van der Waals surface area contributed by atoms with E-state index in [2.05, 4.69) is 21.2 Å². The molecule has 6 heteroatoms. The molecule has 0 aromatic heterocycles. The number of carbonyl (C=O) groups excluding carboxylic acids is 1. The Bertz CT molecular complexity index is 447. The first kappa shape index (κ1) is 13.7. The van der Waals surface area contributed by atoms with E-state index >= 15 is 0 Å². The lowest BCUT2D eigenvalue weighted by Crippen LogP contribution is -2.43. The maximum absolute atomic E-state index is 11.8. The molecule has 0 aliphatic rings. The summed E-state index contributed by atoms with van der Waals surface area (Å²) in [6.07, 6.45) is 0. The van der Waals surface area contributed by atoms with Gasteiger partial charge in [0.2, 0.25) is 0 Å². The quantitative estimate of drug-likeness (QED) is 0.772. The van der Waals surface area contributed by atoms with Crippen molar-refractivity contribution in [2.24, 2.45) is 0 Å². The van der Waals surface area contributed by atoms with E-state index < -0.39 is 24.5 Å². The summed E-state index contributed by atoms with van der Waals surface area (Å²) in [5.74, 6) is -1.81. The number of carbonyl (C=O) groups is 2. The van der Waals surface area contributed by atoms with Crippen LogP contribution in [0.3, 0.4) is 0 Å². The normalized spacial score (nSPS) is 11.9. The van der Waals surface area contributed by atoms with Gasteiger partial charge < -0.3 is 15.5 Å². The SMILES string of the molecule is Cc1ccc(Br)c(C(=O)N[C@H](CO)C(=O)O)c1. The number of hydrogen-bond donors (Lipinski definition) is 3. The van der Waals surface area contributed by atoms with Gasteiger partial charge in [0, 0.05) is 4.47 Å².